The van der Waals surface area contributed by atoms with Gasteiger partial charge in [-0.1, -0.05) is 42.5 Å². The Hall–Kier alpha value is -1.84. The van der Waals surface area contributed by atoms with Gasteiger partial charge in [-0.05, 0) is 30.0 Å². The third-order valence-electron chi connectivity index (χ3n) is 5.27. The van der Waals surface area contributed by atoms with Crippen LogP contribution in [0.4, 0.5) is 0 Å². The molecule has 0 radical (unpaired) electrons. The summed E-state index contributed by atoms with van der Waals surface area (Å²) in [4.78, 5) is 6.52. The van der Waals surface area contributed by atoms with E-state index in [2.05, 4.69) is 45.5 Å². The summed E-state index contributed by atoms with van der Waals surface area (Å²) in [5, 5.41) is 3.45. The summed E-state index contributed by atoms with van der Waals surface area (Å²) in [5.41, 5.74) is 3.52. The summed E-state index contributed by atoms with van der Waals surface area (Å²) in [5.74, 6) is 1.72. The van der Waals surface area contributed by atoms with E-state index in [1.165, 1.54) is 11.1 Å². The van der Waals surface area contributed by atoms with Crippen LogP contribution >= 0.6 is 24.0 Å². The molecule has 0 aromatic heterocycles. The largest absolute Gasteiger partial charge is 0.496 e. The fourth-order valence-corrected chi connectivity index (χ4v) is 3.62. The molecular weight excluding hydrogens is 505 g/mol. The predicted octanol–water partition coefficient (Wildman–Crippen LogP) is 4.22. The second kappa shape index (κ2) is 13.5. The van der Waals surface area contributed by atoms with Crippen molar-refractivity contribution < 1.29 is 14.2 Å². The van der Waals surface area contributed by atoms with Gasteiger partial charge in [0, 0.05) is 46.0 Å². The van der Waals surface area contributed by atoms with Crippen molar-refractivity contribution in [1.82, 2.24) is 10.2 Å². The third-order valence-corrected chi connectivity index (χ3v) is 5.27. The van der Waals surface area contributed by atoms with Crippen LogP contribution < -0.4 is 10.1 Å². The average Bonchev–Trinajstić information content (AvgIpc) is 2.79. The molecule has 0 aliphatic carbocycles. The minimum atomic E-state index is 0. The topological polar surface area (TPSA) is 55.3 Å². The van der Waals surface area contributed by atoms with Gasteiger partial charge < -0.3 is 24.4 Å². The summed E-state index contributed by atoms with van der Waals surface area (Å²) in [6.45, 7) is 3.66. The molecule has 2 aromatic carbocycles. The number of nitrogens with zero attached hydrogens (tertiary/aromatic N) is 2. The highest BCUT2D eigenvalue weighted by atomic mass is 127. The maximum absolute atomic E-state index is 6.05. The van der Waals surface area contributed by atoms with Gasteiger partial charge in [0.05, 0.1) is 19.8 Å². The maximum Gasteiger partial charge on any atom is 0.193 e. The molecule has 0 atom stereocenters. The molecule has 1 aliphatic rings. The number of guanidine groups is 1. The summed E-state index contributed by atoms with van der Waals surface area (Å²) < 4.78 is 16.9. The van der Waals surface area contributed by atoms with E-state index >= 15 is 0 Å². The van der Waals surface area contributed by atoms with E-state index in [1.807, 2.05) is 25.2 Å². The highest BCUT2D eigenvalue weighted by molar-refractivity contribution is 14.0. The van der Waals surface area contributed by atoms with Crippen molar-refractivity contribution in [3.8, 4) is 5.75 Å². The van der Waals surface area contributed by atoms with Gasteiger partial charge in [0.15, 0.2) is 5.96 Å². The standard InChI is InChI=1S/C24H33N3O3.HI/c1-25-24(27(2)17-21-9-4-5-10-23(21)28-3)26-16-19-7-6-8-20(15-19)18-30-22-11-13-29-14-12-22;/h4-10,15,22H,11-14,16-18H2,1-3H3,(H,25,26);1H. The molecule has 1 saturated heterocycles. The molecule has 1 aliphatic heterocycles. The first-order valence-electron chi connectivity index (χ1n) is 10.5. The Kier molecular flexibility index (Phi) is 11.1. The first kappa shape index (κ1) is 25.4. The molecule has 3 rings (SSSR count). The Labute approximate surface area is 203 Å². The van der Waals surface area contributed by atoms with Crippen molar-refractivity contribution in [2.75, 3.05) is 34.4 Å². The highest BCUT2D eigenvalue weighted by Gasteiger charge is 2.14. The monoisotopic (exact) mass is 539 g/mol. The highest BCUT2D eigenvalue weighted by Crippen LogP contribution is 2.19. The van der Waals surface area contributed by atoms with Gasteiger partial charge in [-0.2, -0.15) is 0 Å². The van der Waals surface area contributed by atoms with Gasteiger partial charge >= 0.3 is 0 Å². The number of halogens is 1. The lowest BCUT2D eigenvalue weighted by atomic mass is 10.1. The van der Waals surface area contributed by atoms with E-state index in [4.69, 9.17) is 14.2 Å². The number of ether oxygens (including phenoxy) is 3. The summed E-state index contributed by atoms with van der Waals surface area (Å²) in [7, 11) is 5.53. The fourth-order valence-electron chi connectivity index (χ4n) is 3.62. The molecular formula is C24H34IN3O3. The molecule has 1 fully saturated rings. The molecule has 1 N–H and O–H groups in total. The van der Waals surface area contributed by atoms with E-state index in [-0.39, 0.29) is 24.0 Å². The third kappa shape index (κ3) is 7.97. The fraction of sp³-hybridized carbons (Fsp3) is 0.458. The molecule has 7 heteroatoms. The van der Waals surface area contributed by atoms with Gasteiger partial charge in [0.25, 0.3) is 0 Å². The van der Waals surface area contributed by atoms with Crippen LogP contribution in [0.1, 0.15) is 29.5 Å². The smallest absolute Gasteiger partial charge is 0.193 e. The SMILES string of the molecule is CN=C(NCc1cccc(COC2CCOCC2)c1)N(C)Cc1ccccc1OC.I. The number of aliphatic imine (C=N–C) groups is 1. The number of methoxy groups -OCH3 is 1. The molecule has 0 bridgehead atoms. The molecule has 0 amide bonds. The quantitative estimate of drug-likeness (QED) is 0.310. The van der Waals surface area contributed by atoms with Crippen molar-refractivity contribution in [3.63, 3.8) is 0 Å². The van der Waals surface area contributed by atoms with E-state index < -0.39 is 0 Å². The van der Waals surface area contributed by atoms with Crippen molar-refractivity contribution >= 4 is 29.9 Å². The molecule has 170 valence electrons. The van der Waals surface area contributed by atoms with Crippen molar-refractivity contribution in [2.45, 2.75) is 38.6 Å². The van der Waals surface area contributed by atoms with Crippen LogP contribution in [0.2, 0.25) is 0 Å². The second-order valence-electron chi connectivity index (χ2n) is 7.51. The number of hydrogen-bond donors (Lipinski definition) is 1. The molecule has 31 heavy (non-hydrogen) atoms. The molecule has 2 aromatic rings. The summed E-state index contributed by atoms with van der Waals surface area (Å²) in [6, 6.07) is 16.6. The van der Waals surface area contributed by atoms with Gasteiger partial charge in [0.2, 0.25) is 0 Å². The summed E-state index contributed by atoms with van der Waals surface area (Å²) >= 11 is 0. The van der Waals surface area contributed by atoms with Crippen LogP contribution in [0.5, 0.6) is 5.75 Å². The Balaban J connectivity index is 0.00000341. The number of rotatable bonds is 8. The zero-order valence-electron chi connectivity index (χ0n) is 18.7. The summed E-state index contributed by atoms with van der Waals surface area (Å²) in [6.07, 6.45) is 2.27. The second-order valence-corrected chi connectivity index (χ2v) is 7.51. The lowest BCUT2D eigenvalue weighted by molar-refractivity contribution is -0.0390. The Morgan fingerprint density at radius 2 is 1.87 bits per heavy atom. The maximum atomic E-state index is 6.05. The minimum Gasteiger partial charge on any atom is -0.496 e. The minimum absolute atomic E-state index is 0. The van der Waals surface area contributed by atoms with E-state index in [9.17, 15) is 0 Å². The van der Waals surface area contributed by atoms with E-state index in [0.29, 0.717) is 25.8 Å². The Bertz CT molecular complexity index is 825. The zero-order chi connectivity index (χ0) is 21.2. The van der Waals surface area contributed by atoms with Crippen LogP contribution in [-0.2, 0) is 29.2 Å². The number of benzene rings is 2. The normalized spacial score (nSPS) is 14.6. The number of para-hydroxylation sites is 1. The lowest BCUT2D eigenvalue weighted by Crippen LogP contribution is -2.38. The van der Waals surface area contributed by atoms with Crippen LogP contribution in [0, 0.1) is 0 Å². The number of nitrogens with one attached hydrogen (secondary N) is 1. The van der Waals surface area contributed by atoms with Crippen LogP contribution in [0.15, 0.2) is 53.5 Å². The zero-order valence-corrected chi connectivity index (χ0v) is 21.0. The predicted molar refractivity (Wildman–Crippen MR) is 135 cm³/mol. The van der Waals surface area contributed by atoms with Gasteiger partial charge in [-0.15, -0.1) is 24.0 Å². The molecule has 0 unspecified atom stereocenters. The average molecular weight is 539 g/mol. The number of hydrogen-bond acceptors (Lipinski definition) is 4. The van der Waals surface area contributed by atoms with Crippen LogP contribution in [0.25, 0.3) is 0 Å². The van der Waals surface area contributed by atoms with E-state index in [0.717, 1.165) is 43.3 Å². The van der Waals surface area contributed by atoms with Crippen LogP contribution in [0.3, 0.4) is 0 Å². The van der Waals surface area contributed by atoms with Gasteiger partial charge in [0.1, 0.15) is 5.75 Å². The molecule has 6 nitrogen and oxygen atoms in total. The molecule has 0 spiro atoms. The molecule has 1 heterocycles. The first-order chi connectivity index (χ1) is 14.7. The van der Waals surface area contributed by atoms with Crippen LogP contribution in [-0.4, -0.2) is 51.4 Å². The van der Waals surface area contributed by atoms with Gasteiger partial charge in [-0.25, -0.2) is 0 Å². The van der Waals surface area contributed by atoms with E-state index in [1.54, 1.807) is 14.2 Å². The Morgan fingerprint density at radius 3 is 2.61 bits per heavy atom. The first-order valence-corrected chi connectivity index (χ1v) is 10.5. The van der Waals surface area contributed by atoms with Gasteiger partial charge in [-0.3, -0.25) is 4.99 Å². The van der Waals surface area contributed by atoms with Crippen molar-refractivity contribution in [2.24, 2.45) is 4.99 Å². The Morgan fingerprint density at radius 1 is 1.13 bits per heavy atom. The van der Waals surface area contributed by atoms with Crippen molar-refractivity contribution in [3.05, 3.63) is 65.2 Å². The molecule has 0 saturated carbocycles. The lowest BCUT2D eigenvalue weighted by Gasteiger charge is -2.23. The van der Waals surface area contributed by atoms with Crippen molar-refractivity contribution in [1.29, 1.82) is 0 Å².